The van der Waals surface area contributed by atoms with Crippen molar-refractivity contribution in [3.63, 3.8) is 0 Å². The van der Waals surface area contributed by atoms with Crippen LogP contribution in [0.1, 0.15) is 26.4 Å². The average Bonchev–Trinajstić information content (AvgIpc) is 3.61. The number of H-pyrrole nitrogens is 1. The maximum absolute atomic E-state index is 13.0. The lowest BCUT2D eigenvalue weighted by Crippen LogP contribution is -2.17. The molecule has 0 spiro atoms. The molecule has 11 nitrogen and oxygen atoms in total. The van der Waals surface area contributed by atoms with Gasteiger partial charge in [-0.05, 0) is 48.5 Å². The van der Waals surface area contributed by atoms with Crippen LogP contribution < -0.4 is 21.1 Å². The van der Waals surface area contributed by atoms with E-state index in [0.29, 0.717) is 16.9 Å². The van der Waals surface area contributed by atoms with E-state index in [1.54, 1.807) is 0 Å². The zero-order valence-electron chi connectivity index (χ0n) is 21.9. The Balaban J connectivity index is 1.28. The van der Waals surface area contributed by atoms with Gasteiger partial charge in [-0.25, -0.2) is 9.67 Å². The Hall–Kier alpha value is -5.87. The number of hydrogen-bond donors (Lipinski definition) is 4. The van der Waals surface area contributed by atoms with Crippen molar-refractivity contribution in [3.05, 3.63) is 95.9 Å². The summed E-state index contributed by atoms with van der Waals surface area (Å²) in [6, 6.07) is 14.2. The van der Waals surface area contributed by atoms with Crippen LogP contribution in [0.15, 0.2) is 79.1 Å². The standard InChI is InChI=1S/C27H18F6N8O3/c28-26(29,30)19-2-1-3-20(37-19)38-24-21(23(34)42)22(39-40-24)14-4-6-16(7-5-14)36-25(43)15-12-35-41(13-15)17-8-10-18(11-9-17)44-27(31,32)33/h1-13H,(H2,34,42)(H,36,43)(H2,37,38,39,40). The summed E-state index contributed by atoms with van der Waals surface area (Å²) in [6.07, 6.45) is -6.86. The molecule has 3 aromatic heterocycles. The molecule has 0 atom stereocenters. The van der Waals surface area contributed by atoms with Crippen LogP contribution >= 0.6 is 0 Å². The number of amides is 2. The summed E-state index contributed by atoms with van der Waals surface area (Å²) >= 11 is 0. The highest BCUT2D eigenvalue weighted by Gasteiger charge is 2.33. The van der Waals surface area contributed by atoms with Crippen LogP contribution in [0.2, 0.25) is 0 Å². The Labute approximate surface area is 242 Å². The second kappa shape index (κ2) is 11.4. The van der Waals surface area contributed by atoms with Gasteiger partial charge < -0.3 is 21.1 Å². The van der Waals surface area contributed by atoms with Gasteiger partial charge in [-0.1, -0.05) is 18.2 Å². The lowest BCUT2D eigenvalue weighted by molar-refractivity contribution is -0.274. The minimum absolute atomic E-state index is 0.0729. The molecular weight excluding hydrogens is 598 g/mol. The summed E-state index contributed by atoms with van der Waals surface area (Å²) < 4.78 is 81.3. The van der Waals surface area contributed by atoms with Crippen LogP contribution in [0.3, 0.4) is 0 Å². The average molecular weight is 616 g/mol. The summed E-state index contributed by atoms with van der Waals surface area (Å²) in [5.41, 5.74) is 5.62. The van der Waals surface area contributed by atoms with Crippen molar-refractivity contribution in [3.8, 4) is 22.7 Å². The van der Waals surface area contributed by atoms with Crippen molar-refractivity contribution in [1.82, 2.24) is 25.0 Å². The normalized spacial score (nSPS) is 11.7. The summed E-state index contributed by atoms with van der Waals surface area (Å²) in [4.78, 5) is 28.5. The summed E-state index contributed by atoms with van der Waals surface area (Å²) in [5, 5.41) is 15.9. The summed E-state index contributed by atoms with van der Waals surface area (Å²) in [5.74, 6) is -2.14. The second-order valence-electron chi connectivity index (χ2n) is 8.96. The van der Waals surface area contributed by atoms with E-state index in [1.165, 1.54) is 59.5 Å². The Kier molecular flexibility index (Phi) is 7.69. The molecule has 0 aliphatic rings. The number of primary amides is 1. The van der Waals surface area contributed by atoms with Crippen LogP contribution in [-0.2, 0) is 6.18 Å². The third kappa shape index (κ3) is 6.77. The molecule has 5 aromatic rings. The van der Waals surface area contributed by atoms with E-state index in [4.69, 9.17) is 5.73 Å². The monoisotopic (exact) mass is 616 g/mol. The highest BCUT2D eigenvalue weighted by molar-refractivity contribution is 6.05. The largest absolute Gasteiger partial charge is 0.573 e. The predicted molar refractivity (Wildman–Crippen MR) is 143 cm³/mol. The predicted octanol–water partition coefficient (Wildman–Crippen LogP) is 5.67. The van der Waals surface area contributed by atoms with Gasteiger partial charge in [0, 0.05) is 17.4 Å². The van der Waals surface area contributed by atoms with Crippen LogP contribution in [0.4, 0.5) is 43.7 Å². The van der Waals surface area contributed by atoms with E-state index in [-0.39, 0.29) is 28.5 Å². The SMILES string of the molecule is NC(=O)c1c(-c2ccc(NC(=O)c3cnn(-c4ccc(OC(F)(F)F)cc4)c3)cc2)n[nH]c1Nc1cccc(C(F)(F)F)n1. The van der Waals surface area contributed by atoms with Gasteiger partial charge in [-0.2, -0.15) is 23.4 Å². The van der Waals surface area contributed by atoms with E-state index in [1.807, 2.05) is 0 Å². The van der Waals surface area contributed by atoms with E-state index in [9.17, 15) is 35.9 Å². The van der Waals surface area contributed by atoms with Crippen molar-refractivity contribution in [2.75, 3.05) is 10.6 Å². The molecule has 3 heterocycles. The van der Waals surface area contributed by atoms with Gasteiger partial charge in [-0.15, -0.1) is 13.2 Å². The van der Waals surface area contributed by atoms with Crippen LogP contribution in [-0.4, -0.2) is 43.1 Å². The zero-order chi connectivity index (χ0) is 31.6. The molecular formula is C27H18F6N8O3. The molecule has 44 heavy (non-hydrogen) atoms. The fourth-order valence-electron chi connectivity index (χ4n) is 3.97. The van der Waals surface area contributed by atoms with Gasteiger partial charge in [0.15, 0.2) is 0 Å². The molecule has 0 fully saturated rings. The smallest absolute Gasteiger partial charge is 0.406 e. The van der Waals surface area contributed by atoms with E-state index >= 15 is 0 Å². The molecule has 5 N–H and O–H groups in total. The van der Waals surface area contributed by atoms with Crippen molar-refractivity contribution in [2.45, 2.75) is 12.5 Å². The van der Waals surface area contributed by atoms with Crippen LogP contribution in [0, 0.1) is 0 Å². The van der Waals surface area contributed by atoms with Gasteiger partial charge in [0.1, 0.15) is 34.3 Å². The number of nitrogens with one attached hydrogen (secondary N) is 3. The van der Waals surface area contributed by atoms with Crippen LogP contribution in [0.5, 0.6) is 5.75 Å². The molecule has 2 aromatic carbocycles. The van der Waals surface area contributed by atoms with E-state index in [2.05, 4.69) is 35.7 Å². The second-order valence-corrected chi connectivity index (χ2v) is 8.96. The topological polar surface area (TPSA) is 153 Å². The Morgan fingerprint density at radius 1 is 0.932 bits per heavy atom. The Bertz CT molecular complexity index is 1810. The lowest BCUT2D eigenvalue weighted by atomic mass is 10.1. The first kappa shape index (κ1) is 29.6. The molecule has 0 aliphatic carbocycles. The summed E-state index contributed by atoms with van der Waals surface area (Å²) in [7, 11) is 0. The van der Waals surface area contributed by atoms with Crippen molar-refractivity contribution in [2.24, 2.45) is 5.73 Å². The lowest BCUT2D eigenvalue weighted by Gasteiger charge is -2.09. The van der Waals surface area contributed by atoms with E-state index < -0.39 is 35.8 Å². The molecule has 2 amide bonds. The van der Waals surface area contributed by atoms with E-state index in [0.717, 1.165) is 24.3 Å². The number of aromatic nitrogens is 5. The quantitative estimate of drug-likeness (QED) is 0.164. The molecule has 5 rings (SSSR count). The number of hydrogen-bond acceptors (Lipinski definition) is 7. The molecule has 0 aliphatic heterocycles. The minimum Gasteiger partial charge on any atom is -0.406 e. The number of benzene rings is 2. The molecule has 0 saturated heterocycles. The first-order valence-corrected chi connectivity index (χ1v) is 12.3. The van der Waals surface area contributed by atoms with Crippen molar-refractivity contribution in [1.29, 1.82) is 0 Å². The fraction of sp³-hybridized carbons (Fsp3) is 0.0741. The van der Waals surface area contributed by atoms with Gasteiger partial charge in [0.2, 0.25) is 0 Å². The number of pyridine rings is 1. The number of aromatic amines is 1. The number of anilines is 3. The fourth-order valence-corrected chi connectivity index (χ4v) is 3.97. The number of nitrogens with two attached hydrogens (primary N) is 1. The highest BCUT2D eigenvalue weighted by atomic mass is 19.4. The van der Waals surface area contributed by atoms with Crippen LogP contribution in [0.25, 0.3) is 16.9 Å². The molecule has 0 unspecified atom stereocenters. The van der Waals surface area contributed by atoms with Gasteiger partial charge in [0.05, 0.1) is 17.4 Å². The third-order valence-electron chi connectivity index (χ3n) is 5.90. The molecule has 0 bridgehead atoms. The Morgan fingerprint density at radius 3 is 2.27 bits per heavy atom. The van der Waals surface area contributed by atoms with Crippen molar-refractivity contribution < 1.29 is 40.7 Å². The number of carbonyl (C=O) groups excluding carboxylic acids is 2. The third-order valence-corrected chi connectivity index (χ3v) is 5.90. The maximum Gasteiger partial charge on any atom is 0.573 e. The molecule has 226 valence electrons. The molecule has 17 heteroatoms. The zero-order valence-corrected chi connectivity index (χ0v) is 21.9. The number of ether oxygens (including phenoxy) is 1. The molecule has 0 saturated carbocycles. The number of rotatable bonds is 8. The van der Waals surface area contributed by atoms with Gasteiger partial charge in [-0.3, -0.25) is 14.7 Å². The minimum atomic E-state index is -4.83. The summed E-state index contributed by atoms with van der Waals surface area (Å²) in [6.45, 7) is 0. The van der Waals surface area contributed by atoms with Crippen molar-refractivity contribution >= 4 is 29.1 Å². The van der Waals surface area contributed by atoms with Gasteiger partial charge in [0.25, 0.3) is 11.8 Å². The first-order chi connectivity index (χ1) is 20.8. The molecule has 0 radical (unpaired) electrons. The highest BCUT2D eigenvalue weighted by Crippen LogP contribution is 2.31. The maximum atomic E-state index is 13.0. The Morgan fingerprint density at radius 2 is 1.64 bits per heavy atom. The number of carbonyl (C=O) groups is 2. The number of alkyl halides is 6. The van der Waals surface area contributed by atoms with Gasteiger partial charge >= 0.3 is 12.5 Å². The number of nitrogens with zero attached hydrogens (tertiary/aromatic N) is 4. The first-order valence-electron chi connectivity index (χ1n) is 12.3. The number of halogens is 6.